The van der Waals surface area contributed by atoms with Crippen molar-refractivity contribution in [3.63, 3.8) is 0 Å². The Morgan fingerprint density at radius 3 is 2.85 bits per heavy atom. The van der Waals surface area contributed by atoms with Gasteiger partial charge >= 0.3 is 0 Å². The minimum absolute atomic E-state index is 0.0333. The van der Waals surface area contributed by atoms with Crippen molar-refractivity contribution in [1.29, 1.82) is 0 Å². The number of pyridine rings is 1. The minimum Gasteiger partial charge on any atom is -0.490 e. The Kier molecular flexibility index (Phi) is 3.40. The molecule has 4 nitrogen and oxygen atoms in total. The standard InChI is InChI=1S/C9H11NO3/c1-7(12)9-3-2-8(6-10-9)13-5-4-11/h2-3,6,11H,4-5H2,1H3. The highest BCUT2D eigenvalue weighted by Crippen LogP contribution is 2.08. The van der Waals surface area contributed by atoms with Crippen LogP contribution in [0.4, 0.5) is 0 Å². The van der Waals surface area contributed by atoms with Crippen molar-refractivity contribution in [1.82, 2.24) is 4.98 Å². The van der Waals surface area contributed by atoms with Crippen molar-refractivity contribution in [2.24, 2.45) is 0 Å². The first-order valence-corrected chi connectivity index (χ1v) is 3.94. The van der Waals surface area contributed by atoms with Crippen LogP contribution in [0.1, 0.15) is 17.4 Å². The lowest BCUT2D eigenvalue weighted by Gasteiger charge is -2.02. The maximum Gasteiger partial charge on any atom is 0.178 e. The van der Waals surface area contributed by atoms with Crippen LogP contribution in [0.25, 0.3) is 0 Å². The van der Waals surface area contributed by atoms with E-state index in [2.05, 4.69) is 4.98 Å². The van der Waals surface area contributed by atoms with Crippen LogP contribution in [0.3, 0.4) is 0 Å². The Hall–Kier alpha value is -1.42. The van der Waals surface area contributed by atoms with Gasteiger partial charge in [0.1, 0.15) is 18.1 Å². The second kappa shape index (κ2) is 4.57. The van der Waals surface area contributed by atoms with E-state index in [1.807, 2.05) is 0 Å². The first-order chi connectivity index (χ1) is 6.24. The molecule has 0 unspecified atom stereocenters. The number of nitrogens with zero attached hydrogens (tertiary/aromatic N) is 1. The second-order valence-electron chi connectivity index (χ2n) is 2.51. The summed E-state index contributed by atoms with van der Waals surface area (Å²) in [6.45, 7) is 1.66. The molecule has 0 aliphatic carbocycles. The number of aliphatic hydroxyl groups excluding tert-OH is 1. The van der Waals surface area contributed by atoms with Gasteiger partial charge in [-0.1, -0.05) is 0 Å². The van der Waals surface area contributed by atoms with Crippen LogP contribution in [-0.4, -0.2) is 29.1 Å². The number of ketones is 1. The molecule has 1 rings (SSSR count). The fourth-order valence-electron chi connectivity index (χ4n) is 0.837. The molecule has 0 radical (unpaired) electrons. The van der Waals surface area contributed by atoms with E-state index in [4.69, 9.17) is 9.84 Å². The summed E-state index contributed by atoms with van der Waals surface area (Å²) in [5.74, 6) is 0.479. The molecule has 1 aromatic rings. The molecular formula is C9H11NO3. The molecule has 0 bridgehead atoms. The molecule has 0 amide bonds. The number of carbonyl (C=O) groups is 1. The summed E-state index contributed by atoms with van der Waals surface area (Å²) in [5, 5.41) is 8.47. The van der Waals surface area contributed by atoms with E-state index < -0.39 is 0 Å². The topological polar surface area (TPSA) is 59.4 Å². The van der Waals surface area contributed by atoms with Gasteiger partial charge in [-0.25, -0.2) is 4.98 Å². The van der Waals surface area contributed by atoms with Gasteiger partial charge in [0.15, 0.2) is 5.78 Å². The largest absolute Gasteiger partial charge is 0.490 e. The third-order valence-corrected chi connectivity index (χ3v) is 1.46. The zero-order valence-corrected chi connectivity index (χ0v) is 7.36. The van der Waals surface area contributed by atoms with Crippen molar-refractivity contribution in [3.8, 4) is 5.75 Å². The average Bonchev–Trinajstić information content (AvgIpc) is 2.15. The van der Waals surface area contributed by atoms with Crippen LogP contribution < -0.4 is 4.74 Å². The number of aromatic nitrogens is 1. The van der Waals surface area contributed by atoms with Gasteiger partial charge in [-0.2, -0.15) is 0 Å². The Labute approximate surface area is 76.2 Å². The smallest absolute Gasteiger partial charge is 0.178 e. The normalized spacial score (nSPS) is 9.69. The van der Waals surface area contributed by atoms with Crippen molar-refractivity contribution in [2.75, 3.05) is 13.2 Å². The summed E-state index contributed by atoms with van der Waals surface area (Å²) >= 11 is 0. The van der Waals surface area contributed by atoms with Crippen LogP contribution in [0.15, 0.2) is 18.3 Å². The van der Waals surface area contributed by atoms with Gasteiger partial charge in [-0.3, -0.25) is 4.79 Å². The summed E-state index contributed by atoms with van der Waals surface area (Å²) in [5.41, 5.74) is 0.413. The third kappa shape index (κ3) is 2.83. The number of hydrogen-bond donors (Lipinski definition) is 1. The van der Waals surface area contributed by atoms with Crippen LogP contribution in [0, 0.1) is 0 Å². The molecule has 70 valence electrons. The van der Waals surface area contributed by atoms with Crippen LogP contribution in [0.5, 0.6) is 5.75 Å². The van der Waals surface area contributed by atoms with E-state index in [0.717, 1.165) is 0 Å². The zero-order chi connectivity index (χ0) is 9.68. The van der Waals surface area contributed by atoms with Crippen LogP contribution in [-0.2, 0) is 0 Å². The van der Waals surface area contributed by atoms with Gasteiger partial charge in [-0.05, 0) is 12.1 Å². The number of aliphatic hydroxyl groups is 1. The summed E-state index contributed by atoms with van der Waals surface area (Å²) in [4.78, 5) is 14.7. The number of carbonyl (C=O) groups excluding carboxylic acids is 1. The predicted octanol–water partition coefficient (Wildman–Crippen LogP) is 0.655. The van der Waals surface area contributed by atoms with Gasteiger partial charge in [0.2, 0.25) is 0 Å². The van der Waals surface area contributed by atoms with Gasteiger partial charge in [0.25, 0.3) is 0 Å². The van der Waals surface area contributed by atoms with Crippen LogP contribution >= 0.6 is 0 Å². The lowest BCUT2D eigenvalue weighted by atomic mass is 10.3. The summed E-state index contributed by atoms with van der Waals surface area (Å²) in [7, 11) is 0. The maximum absolute atomic E-state index is 10.8. The molecule has 0 saturated carbocycles. The molecule has 4 heteroatoms. The Morgan fingerprint density at radius 1 is 1.62 bits per heavy atom. The zero-order valence-electron chi connectivity index (χ0n) is 7.36. The highest BCUT2D eigenvalue weighted by molar-refractivity contribution is 5.92. The van der Waals surface area contributed by atoms with Gasteiger partial charge in [0, 0.05) is 6.92 Å². The molecule has 0 aliphatic rings. The molecule has 1 N–H and O–H groups in total. The third-order valence-electron chi connectivity index (χ3n) is 1.46. The Morgan fingerprint density at radius 2 is 2.38 bits per heavy atom. The van der Waals surface area contributed by atoms with E-state index in [1.54, 1.807) is 12.1 Å². The molecule has 0 atom stereocenters. The molecule has 0 saturated heterocycles. The van der Waals surface area contributed by atoms with Crippen molar-refractivity contribution < 1.29 is 14.6 Å². The number of hydrogen-bond acceptors (Lipinski definition) is 4. The summed E-state index contributed by atoms with van der Waals surface area (Å²) in [6, 6.07) is 3.24. The molecule has 13 heavy (non-hydrogen) atoms. The van der Waals surface area contributed by atoms with Gasteiger partial charge in [0.05, 0.1) is 12.8 Å². The fourth-order valence-corrected chi connectivity index (χ4v) is 0.837. The lowest BCUT2D eigenvalue weighted by Crippen LogP contribution is -2.03. The van der Waals surface area contributed by atoms with Gasteiger partial charge < -0.3 is 9.84 Å². The highest BCUT2D eigenvalue weighted by atomic mass is 16.5. The molecule has 1 heterocycles. The Balaban J connectivity index is 2.64. The number of Topliss-reactive ketones (excluding diaryl/α,β-unsaturated/α-hetero) is 1. The molecule has 0 aliphatic heterocycles. The SMILES string of the molecule is CC(=O)c1ccc(OCCO)cn1. The van der Waals surface area contributed by atoms with Crippen molar-refractivity contribution in [3.05, 3.63) is 24.0 Å². The first kappa shape index (κ1) is 9.67. The van der Waals surface area contributed by atoms with E-state index in [0.29, 0.717) is 11.4 Å². The van der Waals surface area contributed by atoms with E-state index in [-0.39, 0.29) is 19.0 Å². The van der Waals surface area contributed by atoms with Crippen molar-refractivity contribution in [2.45, 2.75) is 6.92 Å². The fraction of sp³-hybridized carbons (Fsp3) is 0.333. The lowest BCUT2D eigenvalue weighted by molar-refractivity contribution is 0.101. The Bertz CT molecular complexity index is 281. The van der Waals surface area contributed by atoms with E-state index in [1.165, 1.54) is 13.1 Å². The molecule has 0 fully saturated rings. The first-order valence-electron chi connectivity index (χ1n) is 3.94. The number of ether oxygens (including phenoxy) is 1. The van der Waals surface area contributed by atoms with Gasteiger partial charge in [-0.15, -0.1) is 0 Å². The molecule has 1 aromatic heterocycles. The second-order valence-corrected chi connectivity index (χ2v) is 2.51. The molecule has 0 aromatic carbocycles. The van der Waals surface area contributed by atoms with E-state index in [9.17, 15) is 4.79 Å². The van der Waals surface area contributed by atoms with Crippen LogP contribution in [0.2, 0.25) is 0 Å². The number of rotatable bonds is 4. The molecule has 0 spiro atoms. The predicted molar refractivity (Wildman–Crippen MR) is 46.8 cm³/mol. The minimum atomic E-state index is -0.0753. The molecular weight excluding hydrogens is 170 g/mol. The summed E-state index contributed by atoms with van der Waals surface area (Å²) < 4.78 is 5.07. The highest BCUT2D eigenvalue weighted by Gasteiger charge is 2.00. The van der Waals surface area contributed by atoms with Crippen molar-refractivity contribution >= 4 is 5.78 Å². The quantitative estimate of drug-likeness (QED) is 0.693. The summed E-state index contributed by atoms with van der Waals surface area (Å²) in [6.07, 6.45) is 1.46. The monoisotopic (exact) mass is 181 g/mol. The maximum atomic E-state index is 10.8. The van der Waals surface area contributed by atoms with E-state index >= 15 is 0 Å². The average molecular weight is 181 g/mol.